The summed E-state index contributed by atoms with van der Waals surface area (Å²) in [6.07, 6.45) is 2.68. The van der Waals surface area contributed by atoms with Gasteiger partial charge in [0.05, 0.1) is 12.8 Å². The maximum Gasteiger partial charge on any atom is 0.141 e. The van der Waals surface area contributed by atoms with E-state index in [-0.39, 0.29) is 0 Å². The number of anilines is 1. The van der Waals surface area contributed by atoms with Gasteiger partial charge in [-0.2, -0.15) is 0 Å². The van der Waals surface area contributed by atoms with Crippen LogP contribution in [0, 0.1) is 6.92 Å². The predicted molar refractivity (Wildman–Crippen MR) is 67.2 cm³/mol. The highest BCUT2D eigenvalue weighted by Crippen LogP contribution is 2.24. The molecule has 0 amide bonds. The van der Waals surface area contributed by atoms with Gasteiger partial charge >= 0.3 is 0 Å². The minimum absolute atomic E-state index is 0.779. The number of nitrogens with one attached hydrogen (secondary N) is 2. The Bertz CT molecular complexity index is 348. The molecule has 3 nitrogen and oxygen atoms in total. The monoisotopic (exact) mass is 220 g/mol. The molecule has 0 atom stereocenters. The Morgan fingerprint density at radius 1 is 1.31 bits per heavy atom. The van der Waals surface area contributed by atoms with Crippen molar-refractivity contribution in [2.24, 2.45) is 0 Å². The molecule has 0 radical (unpaired) electrons. The largest absolute Gasteiger partial charge is 0.495 e. The van der Waals surface area contributed by atoms with Crippen molar-refractivity contribution in [2.45, 2.75) is 25.8 Å². The van der Waals surface area contributed by atoms with E-state index < -0.39 is 0 Å². The smallest absolute Gasteiger partial charge is 0.141 e. The molecule has 1 aromatic carbocycles. The van der Waals surface area contributed by atoms with Crippen molar-refractivity contribution in [3.8, 4) is 5.75 Å². The number of aryl methyl sites for hydroxylation is 1. The predicted octanol–water partition coefficient (Wildman–Crippen LogP) is 2.17. The number of methoxy groups -OCH3 is 1. The van der Waals surface area contributed by atoms with Gasteiger partial charge in [-0.3, -0.25) is 0 Å². The van der Waals surface area contributed by atoms with Crippen molar-refractivity contribution in [1.82, 2.24) is 5.32 Å². The summed E-state index contributed by atoms with van der Waals surface area (Å²) in [5, 5.41) is 6.88. The third-order valence-electron chi connectivity index (χ3n) is 2.81. The van der Waals surface area contributed by atoms with Crippen molar-refractivity contribution in [1.29, 1.82) is 0 Å². The summed E-state index contributed by atoms with van der Waals surface area (Å²) in [5.41, 5.74) is 2.33. The van der Waals surface area contributed by atoms with E-state index in [1.165, 1.54) is 18.4 Å². The first kappa shape index (κ1) is 11.3. The number of hydrogen-bond donors (Lipinski definition) is 2. The lowest BCUT2D eigenvalue weighted by Crippen LogP contribution is -2.24. The number of benzene rings is 1. The van der Waals surface area contributed by atoms with Crippen molar-refractivity contribution < 1.29 is 4.74 Å². The Balaban J connectivity index is 1.83. The van der Waals surface area contributed by atoms with Gasteiger partial charge in [0, 0.05) is 19.1 Å². The van der Waals surface area contributed by atoms with Crippen LogP contribution in [0.1, 0.15) is 18.4 Å². The maximum absolute atomic E-state index is 5.31. The van der Waals surface area contributed by atoms with Crippen LogP contribution in [0.25, 0.3) is 0 Å². The summed E-state index contributed by atoms with van der Waals surface area (Å²) in [6.45, 7) is 4.05. The fourth-order valence-electron chi connectivity index (χ4n) is 1.72. The van der Waals surface area contributed by atoms with Gasteiger partial charge in [0.2, 0.25) is 0 Å². The Labute approximate surface area is 97.2 Å². The van der Waals surface area contributed by atoms with E-state index in [4.69, 9.17) is 4.74 Å². The highest BCUT2D eigenvalue weighted by molar-refractivity contribution is 5.57. The first-order chi connectivity index (χ1) is 7.79. The molecule has 0 bridgehead atoms. The molecule has 1 fully saturated rings. The van der Waals surface area contributed by atoms with Gasteiger partial charge < -0.3 is 15.4 Å². The molecule has 0 saturated heterocycles. The van der Waals surface area contributed by atoms with Crippen LogP contribution in [-0.4, -0.2) is 26.2 Å². The van der Waals surface area contributed by atoms with Gasteiger partial charge in [0.25, 0.3) is 0 Å². The van der Waals surface area contributed by atoms with Crippen LogP contribution in [0.3, 0.4) is 0 Å². The minimum Gasteiger partial charge on any atom is -0.495 e. The van der Waals surface area contributed by atoms with Gasteiger partial charge in [-0.15, -0.1) is 0 Å². The lowest BCUT2D eigenvalue weighted by Gasteiger charge is -2.12. The molecule has 0 unspecified atom stereocenters. The van der Waals surface area contributed by atoms with E-state index in [1.807, 2.05) is 6.07 Å². The van der Waals surface area contributed by atoms with Crippen molar-refractivity contribution in [3.63, 3.8) is 0 Å². The van der Waals surface area contributed by atoms with Gasteiger partial charge in [-0.25, -0.2) is 0 Å². The molecule has 2 rings (SSSR count). The fraction of sp³-hybridized carbons (Fsp3) is 0.538. The maximum atomic E-state index is 5.31. The molecule has 2 N–H and O–H groups in total. The quantitative estimate of drug-likeness (QED) is 0.721. The molecule has 3 heteroatoms. The lowest BCUT2D eigenvalue weighted by atomic mass is 10.2. The Morgan fingerprint density at radius 3 is 2.81 bits per heavy atom. The average molecular weight is 220 g/mol. The molecule has 1 aliphatic carbocycles. The van der Waals surface area contributed by atoms with Gasteiger partial charge in [0.15, 0.2) is 0 Å². The van der Waals surface area contributed by atoms with Crippen LogP contribution >= 0.6 is 0 Å². The molecule has 1 saturated carbocycles. The summed E-state index contributed by atoms with van der Waals surface area (Å²) >= 11 is 0. The van der Waals surface area contributed by atoms with Gasteiger partial charge in [-0.1, -0.05) is 6.07 Å². The molecular weight excluding hydrogens is 200 g/mol. The molecule has 0 aliphatic heterocycles. The molecule has 88 valence electrons. The Morgan fingerprint density at radius 2 is 2.12 bits per heavy atom. The molecule has 1 aromatic rings. The Kier molecular flexibility index (Phi) is 3.67. The average Bonchev–Trinajstić information content (AvgIpc) is 3.08. The van der Waals surface area contributed by atoms with Crippen molar-refractivity contribution in [3.05, 3.63) is 23.8 Å². The molecule has 0 aromatic heterocycles. The molecule has 0 heterocycles. The number of ether oxygens (including phenoxy) is 1. The van der Waals surface area contributed by atoms with Gasteiger partial charge in [0.1, 0.15) is 5.75 Å². The second-order valence-electron chi connectivity index (χ2n) is 4.36. The van der Waals surface area contributed by atoms with E-state index in [9.17, 15) is 0 Å². The van der Waals surface area contributed by atoms with E-state index in [0.29, 0.717) is 0 Å². The van der Waals surface area contributed by atoms with Crippen molar-refractivity contribution in [2.75, 3.05) is 25.5 Å². The van der Waals surface area contributed by atoms with E-state index in [2.05, 4.69) is 29.7 Å². The van der Waals surface area contributed by atoms with Crippen LogP contribution in [0.4, 0.5) is 5.69 Å². The van der Waals surface area contributed by atoms with Crippen LogP contribution < -0.4 is 15.4 Å². The fourth-order valence-corrected chi connectivity index (χ4v) is 1.72. The van der Waals surface area contributed by atoms with E-state index in [1.54, 1.807) is 7.11 Å². The zero-order valence-corrected chi connectivity index (χ0v) is 10.0. The molecule has 0 spiro atoms. The van der Waals surface area contributed by atoms with Crippen LogP contribution in [0.5, 0.6) is 5.75 Å². The zero-order chi connectivity index (χ0) is 11.4. The Hall–Kier alpha value is -1.22. The number of rotatable bonds is 6. The normalized spacial score (nSPS) is 14.9. The summed E-state index contributed by atoms with van der Waals surface area (Å²) in [6, 6.07) is 6.97. The summed E-state index contributed by atoms with van der Waals surface area (Å²) in [7, 11) is 1.71. The van der Waals surface area contributed by atoms with Gasteiger partial charge in [-0.05, 0) is 37.5 Å². The highest BCUT2D eigenvalue weighted by Gasteiger charge is 2.19. The second kappa shape index (κ2) is 5.21. The SMILES string of the molecule is COc1ccc(C)cc1NCCNC1CC1. The number of hydrogen-bond acceptors (Lipinski definition) is 3. The molecule has 16 heavy (non-hydrogen) atoms. The summed E-state index contributed by atoms with van der Waals surface area (Å²) in [5.74, 6) is 0.914. The zero-order valence-electron chi connectivity index (χ0n) is 10.0. The lowest BCUT2D eigenvalue weighted by molar-refractivity contribution is 0.416. The van der Waals surface area contributed by atoms with Crippen LogP contribution in [0.2, 0.25) is 0 Å². The topological polar surface area (TPSA) is 33.3 Å². The van der Waals surface area contributed by atoms with E-state index >= 15 is 0 Å². The summed E-state index contributed by atoms with van der Waals surface area (Å²) in [4.78, 5) is 0. The summed E-state index contributed by atoms with van der Waals surface area (Å²) < 4.78 is 5.31. The second-order valence-corrected chi connectivity index (χ2v) is 4.36. The highest BCUT2D eigenvalue weighted by atomic mass is 16.5. The standard InChI is InChI=1S/C13H20N2O/c1-10-3-6-13(16-2)12(9-10)15-8-7-14-11-4-5-11/h3,6,9,11,14-15H,4-5,7-8H2,1-2H3. The molecule has 1 aliphatic rings. The van der Waals surface area contributed by atoms with Crippen LogP contribution in [0.15, 0.2) is 18.2 Å². The van der Waals surface area contributed by atoms with Crippen molar-refractivity contribution >= 4 is 5.69 Å². The third-order valence-corrected chi connectivity index (χ3v) is 2.81. The third kappa shape index (κ3) is 3.14. The van der Waals surface area contributed by atoms with Crippen LogP contribution in [-0.2, 0) is 0 Å². The molecular formula is C13H20N2O. The first-order valence-corrected chi connectivity index (χ1v) is 5.91. The van der Waals surface area contributed by atoms with E-state index in [0.717, 1.165) is 30.6 Å². The first-order valence-electron chi connectivity index (χ1n) is 5.91. The minimum atomic E-state index is 0.779.